The molecule has 0 radical (unpaired) electrons. The highest BCUT2D eigenvalue weighted by molar-refractivity contribution is 6.08. The van der Waals surface area contributed by atoms with Gasteiger partial charge in [0.1, 0.15) is 11.3 Å². The number of carboxylic acids is 1. The first-order chi connectivity index (χ1) is 12.9. The lowest BCUT2D eigenvalue weighted by Gasteiger charge is -2.18. The zero-order valence-corrected chi connectivity index (χ0v) is 15.0. The standard InChI is InChI=1S/C22H18N2O3/c1-11-7-15-19(9-17(11)23)27-20-10-18(24)12(2)8-16(20)21(15)13-5-3-4-6-14(13)22(25)26/h3-10,23H,24H2,1-2H3,(H,25,26). The van der Waals surface area contributed by atoms with E-state index in [2.05, 4.69) is 0 Å². The lowest BCUT2D eigenvalue weighted by molar-refractivity contribution is 0.0697. The number of anilines is 1. The fraction of sp³-hybridized carbons (Fsp3) is 0.0909. The molecule has 134 valence electrons. The minimum atomic E-state index is -0.992. The Bertz CT molecular complexity index is 1250. The Morgan fingerprint density at radius 2 is 1.78 bits per heavy atom. The predicted molar refractivity (Wildman–Crippen MR) is 105 cm³/mol. The Balaban J connectivity index is 2.27. The highest BCUT2D eigenvalue weighted by Gasteiger charge is 2.22. The largest absolute Gasteiger partial charge is 0.478 e. The van der Waals surface area contributed by atoms with Crippen molar-refractivity contribution in [2.45, 2.75) is 13.8 Å². The van der Waals surface area contributed by atoms with Crippen LogP contribution in [0.4, 0.5) is 5.69 Å². The van der Waals surface area contributed by atoms with Crippen molar-refractivity contribution in [2.24, 2.45) is 0 Å². The van der Waals surface area contributed by atoms with E-state index in [1.165, 1.54) is 0 Å². The van der Waals surface area contributed by atoms with Gasteiger partial charge in [-0.2, -0.15) is 0 Å². The molecule has 2 aliphatic rings. The summed E-state index contributed by atoms with van der Waals surface area (Å²) < 4.78 is 6.03. The van der Waals surface area contributed by atoms with Crippen LogP contribution in [0.5, 0.6) is 0 Å². The average molecular weight is 358 g/mol. The molecule has 1 aliphatic carbocycles. The number of nitrogens with one attached hydrogen (secondary N) is 1. The fourth-order valence-corrected chi connectivity index (χ4v) is 3.39. The quantitative estimate of drug-likeness (QED) is 0.360. The third kappa shape index (κ3) is 2.64. The highest BCUT2D eigenvalue weighted by atomic mass is 16.4. The molecular formula is C22H18N2O3. The topological polar surface area (TPSA) is 100 Å². The molecule has 0 unspecified atom stereocenters. The van der Waals surface area contributed by atoms with E-state index < -0.39 is 5.97 Å². The van der Waals surface area contributed by atoms with E-state index in [9.17, 15) is 9.90 Å². The van der Waals surface area contributed by atoms with Crippen LogP contribution < -0.4 is 11.1 Å². The highest BCUT2D eigenvalue weighted by Crippen LogP contribution is 2.42. The van der Waals surface area contributed by atoms with Crippen molar-refractivity contribution in [3.05, 3.63) is 70.6 Å². The number of aryl methyl sites for hydroxylation is 2. The van der Waals surface area contributed by atoms with E-state index >= 15 is 0 Å². The smallest absolute Gasteiger partial charge is 0.336 e. The molecule has 27 heavy (non-hydrogen) atoms. The van der Waals surface area contributed by atoms with Gasteiger partial charge in [0.15, 0.2) is 0 Å². The number of carbonyl (C=O) groups is 1. The monoisotopic (exact) mass is 358 g/mol. The van der Waals surface area contributed by atoms with Crippen molar-refractivity contribution in [1.82, 2.24) is 0 Å². The molecule has 0 fully saturated rings. The predicted octanol–water partition coefficient (Wildman–Crippen LogP) is 4.58. The Morgan fingerprint density at radius 1 is 1.04 bits per heavy atom. The number of nitrogen functional groups attached to an aromatic ring is 1. The van der Waals surface area contributed by atoms with Crippen molar-refractivity contribution < 1.29 is 14.3 Å². The summed E-state index contributed by atoms with van der Waals surface area (Å²) in [6.45, 7) is 3.76. The molecule has 5 heteroatoms. The number of fused-ring (bicyclic) bond motifs is 2. The van der Waals surface area contributed by atoms with Gasteiger partial charge < -0.3 is 20.7 Å². The normalized spacial score (nSPS) is 11.2. The molecule has 0 bridgehead atoms. The molecule has 1 aliphatic heterocycles. The van der Waals surface area contributed by atoms with Crippen molar-refractivity contribution >= 4 is 22.6 Å². The number of nitrogens with two attached hydrogens (primary N) is 1. The summed E-state index contributed by atoms with van der Waals surface area (Å²) in [6, 6.07) is 14.1. The maximum absolute atomic E-state index is 11.8. The molecule has 2 aromatic carbocycles. The van der Waals surface area contributed by atoms with E-state index in [1.807, 2.05) is 32.0 Å². The lowest BCUT2D eigenvalue weighted by atomic mass is 9.89. The molecule has 0 amide bonds. The molecule has 4 rings (SSSR count). The number of hydrogen-bond acceptors (Lipinski definition) is 4. The maximum Gasteiger partial charge on any atom is 0.336 e. The van der Waals surface area contributed by atoms with Crippen LogP contribution in [0.1, 0.15) is 21.5 Å². The summed E-state index contributed by atoms with van der Waals surface area (Å²) in [6.07, 6.45) is 0. The van der Waals surface area contributed by atoms with E-state index in [1.54, 1.807) is 30.3 Å². The Labute approximate surface area is 155 Å². The van der Waals surface area contributed by atoms with Gasteiger partial charge in [0.05, 0.1) is 10.9 Å². The SMILES string of the molecule is Cc1cc2c(-c3ccccc3C(=O)O)c3cc(C)c(=N)cc-3oc2cc1N. The van der Waals surface area contributed by atoms with Gasteiger partial charge >= 0.3 is 5.97 Å². The van der Waals surface area contributed by atoms with Crippen molar-refractivity contribution in [1.29, 1.82) is 5.41 Å². The first-order valence-corrected chi connectivity index (χ1v) is 8.51. The van der Waals surface area contributed by atoms with E-state index in [0.717, 1.165) is 27.6 Å². The van der Waals surface area contributed by atoms with Gasteiger partial charge in [0, 0.05) is 34.3 Å². The molecule has 5 nitrogen and oxygen atoms in total. The van der Waals surface area contributed by atoms with Crippen LogP contribution in [0.25, 0.3) is 33.4 Å². The molecule has 0 spiro atoms. The van der Waals surface area contributed by atoms with Gasteiger partial charge in [-0.25, -0.2) is 4.79 Å². The van der Waals surface area contributed by atoms with Crippen molar-refractivity contribution in [2.75, 3.05) is 5.73 Å². The van der Waals surface area contributed by atoms with Crippen molar-refractivity contribution in [3.63, 3.8) is 0 Å². The van der Waals surface area contributed by atoms with Gasteiger partial charge in [-0.1, -0.05) is 18.2 Å². The first-order valence-electron chi connectivity index (χ1n) is 8.51. The number of benzene rings is 3. The number of rotatable bonds is 2. The second-order valence-electron chi connectivity index (χ2n) is 6.70. The van der Waals surface area contributed by atoms with Crippen molar-refractivity contribution in [3.8, 4) is 22.5 Å². The Kier molecular flexibility index (Phi) is 3.73. The third-order valence-corrected chi connectivity index (χ3v) is 4.88. The first kappa shape index (κ1) is 16.8. The van der Waals surface area contributed by atoms with Crippen LogP contribution in [0.15, 0.2) is 52.9 Å². The van der Waals surface area contributed by atoms with Gasteiger partial charge in [-0.3, -0.25) is 0 Å². The van der Waals surface area contributed by atoms with Gasteiger partial charge in [0.25, 0.3) is 0 Å². The molecule has 0 saturated carbocycles. The van der Waals surface area contributed by atoms with E-state index in [0.29, 0.717) is 28.0 Å². The zero-order chi connectivity index (χ0) is 19.3. The van der Waals surface area contributed by atoms with Crippen LogP contribution in [0.2, 0.25) is 0 Å². The van der Waals surface area contributed by atoms with Crippen LogP contribution in [0.3, 0.4) is 0 Å². The molecular weight excluding hydrogens is 340 g/mol. The number of hydrogen-bond donors (Lipinski definition) is 3. The molecule has 1 heterocycles. The van der Waals surface area contributed by atoms with Crippen LogP contribution in [0, 0.1) is 19.3 Å². The van der Waals surface area contributed by atoms with Gasteiger partial charge in [-0.15, -0.1) is 0 Å². The van der Waals surface area contributed by atoms with E-state index in [-0.39, 0.29) is 5.56 Å². The third-order valence-electron chi connectivity index (χ3n) is 4.88. The summed E-state index contributed by atoms with van der Waals surface area (Å²) in [5, 5.41) is 18.9. The fourth-order valence-electron chi connectivity index (χ4n) is 3.39. The second-order valence-corrected chi connectivity index (χ2v) is 6.70. The number of aromatic carboxylic acids is 1. The lowest BCUT2D eigenvalue weighted by Crippen LogP contribution is -2.07. The summed E-state index contributed by atoms with van der Waals surface area (Å²) in [5.74, 6) is -0.467. The van der Waals surface area contributed by atoms with Crippen LogP contribution >= 0.6 is 0 Å². The summed E-state index contributed by atoms with van der Waals surface area (Å²) in [4.78, 5) is 11.8. The minimum Gasteiger partial charge on any atom is -0.478 e. The molecule has 0 atom stereocenters. The van der Waals surface area contributed by atoms with Crippen LogP contribution in [-0.2, 0) is 0 Å². The minimum absolute atomic E-state index is 0.216. The molecule has 0 saturated heterocycles. The van der Waals surface area contributed by atoms with Gasteiger partial charge in [0.2, 0.25) is 0 Å². The maximum atomic E-state index is 11.8. The zero-order valence-electron chi connectivity index (χ0n) is 15.0. The average Bonchev–Trinajstić information content (AvgIpc) is 2.63. The Hall–Kier alpha value is -3.60. The van der Waals surface area contributed by atoms with Crippen LogP contribution in [-0.4, -0.2) is 11.1 Å². The Morgan fingerprint density at radius 3 is 2.52 bits per heavy atom. The van der Waals surface area contributed by atoms with E-state index in [4.69, 9.17) is 15.6 Å². The summed E-state index contributed by atoms with van der Waals surface area (Å²) in [7, 11) is 0. The molecule has 0 aromatic heterocycles. The number of carboxylic acid groups (broad SMARTS) is 1. The summed E-state index contributed by atoms with van der Waals surface area (Å²) >= 11 is 0. The molecule has 2 aromatic rings. The summed E-state index contributed by atoms with van der Waals surface area (Å²) in [5.41, 5.74) is 11.3. The molecule has 4 N–H and O–H groups in total. The second kappa shape index (κ2) is 5.99. The van der Waals surface area contributed by atoms with Gasteiger partial charge in [-0.05, 0) is 48.7 Å².